The number of imidazole rings is 1. The van der Waals surface area contributed by atoms with Crippen LogP contribution in [0.4, 0.5) is 0 Å². The van der Waals surface area contributed by atoms with E-state index in [4.69, 9.17) is 4.74 Å². The molecule has 1 unspecified atom stereocenters. The number of H-pyrrole nitrogens is 1. The lowest BCUT2D eigenvalue weighted by Gasteiger charge is -2.11. The molecule has 0 aliphatic heterocycles. The third kappa shape index (κ3) is 3.88. The lowest BCUT2D eigenvalue weighted by molar-refractivity contribution is 0.415. The number of benzene rings is 1. The van der Waals surface area contributed by atoms with E-state index < -0.39 is 0 Å². The quantitative estimate of drug-likeness (QED) is 0.765. The molecule has 5 heteroatoms. The molecule has 0 amide bonds. The average Bonchev–Trinajstić information content (AvgIpc) is 2.84. The van der Waals surface area contributed by atoms with Crippen molar-refractivity contribution in [3.63, 3.8) is 0 Å². The third-order valence-electron chi connectivity index (χ3n) is 2.88. The first-order valence-corrected chi connectivity index (χ1v) is 7.61. The summed E-state index contributed by atoms with van der Waals surface area (Å²) < 4.78 is 5.21. The Hall–Kier alpha value is -1.20. The molecule has 0 saturated heterocycles. The van der Waals surface area contributed by atoms with Crippen LogP contribution in [0.5, 0.6) is 5.75 Å². The van der Waals surface area contributed by atoms with E-state index in [1.54, 1.807) is 18.9 Å². The number of nitrogens with zero attached hydrogens (tertiary/aromatic N) is 1. The molecule has 0 radical (unpaired) electrons. The van der Waals surface area contributed by atoms with Gasteiger partial charge in [-0.2, -0.15) is 0 Å². The van der Waals surface area contributed by atoms with Crippen LogP contribution in [0, 0.1) is 0 Å². The maximum absolute atomic E-state index is 5.21. The minimum atomic E-state index is 0.493. The largest absolute Gasteiger partial charge is 0.497 e. The van der Waals surface area contributed by atoms with Gasteiger partial charge in [-0.05, 0) is 32.0 Å². The van der Waals surface area contributed by atoms with Gasteiger partial charge in [0.05, 0.1) is 18.1 Å². The predicted octanol–water partition coefficient (Wildman–Crippen LogP) is 3.05. The van der Waals surface area contributed by atoms with Gasteiger partial charge in [0.15, 0.2) is 5.16 Å². The Morgan fingerprint density at radius 2 is 2.32 bits per heavy atom. The van der Waals surface area contributed by atoms with Gasteiger partial charge in [-0.1, -0.05) is 18.7 Å². The first-order chi connectivity index (χ1) is 9.22. The molecule has 0 bridgehead atoms. The smallest absolute Gasteiger partial charge is 0.166 e. The van der Waals surface area contributed by atoms with Gasteiger partial charge in [0, 0.05) is 17.9 Å². The summed E-state index contributed by atoms with van der Waals surface area (Å²) in [5.74, 6) is 1.86. The molecule has 2 aromatic rings. The highest BCUT2D eigenvalue weighted by atomic mass is 32.2. The van der Waals surface area contributed by atoms with Crippen LogP contribution in [0.25, 0.3) is 11.0 Å². The second-order valence-corrected chi connectivity index (χ2v) is 5.60. The maximum atomic E-state index is 5.21. The van der Waals surface area contributed by atoms with Crippen LogP contribution in [0.3, 0.4) is 0 Å². The first-order valence-electron chi connectivity index (χ1n) is 6.63. The van der Waals surface area contributed by atoms with Gasteiger partial charge in [-0.25, -0.2) is 4.98 Å². The van der Waals surface area contributed by atoms with E-state index in [2.05, 4.69) is 29.1 Å². The highest BCUT2D eigenvalue weighted by molar-refractivity contribution is 7.99. The summed E-state index contributed by atoms with van der Waals surface area (Å²) in [6, 6.07) is 6.38. The molecular formula is C14H21N3OS. The third-order valence-corrected chi connectivity index (χ3v) is 4.01. The lowest BCUT2D eigenvalue weighted by Crippen LogP contribution is -2.28. The van der Waals surface area contributed by atoms with Gasteiger partial charge in [0.25, 0.3) is 0 Å². The number of nitrogens with one attached hydrogen (secondary N) is 2. The van der Waals surface area contributed by atoms with Crippen molar-refractivity contribution in [3.8, 4) is 5.75 Å². The minimum absolute atomic E-state index is 0.493. The van der Waals surface area contributed by atoms with E-state index in [9.17, 15) is 0 Å². The number of thioether (sulfide) groups is 1. The van der Waals surface area contributed by atoms with E-state index in [1.165, 1.54) is 6.42 Å². The Bertz CT molecular complexity index is 526. The number of aromatic nitrogens is 2. The summed E-state index contributed by atoms with van der Waals surface area (Å²) in [5.41, 5.74) is 2.01. The van der Waals surface area contributed by atoms with E-state index in [0.717, 1.165) is 34.2 Å². The standard InChI is InChI=1S/C14H21N3OS/c1-4-7-15-10(2)9-19-14-16-12-6-5-11(18-3)8-13(12)17-14/h5-6,8,10,15H,4,7,9H2,1-3H3,(H,16,17). The summed E-state index contributed by atoms with van der Waals surface area (Å²) in [6.45, 7) is 5.45. The summed E-state index contributed by atoms with van der Waals surface area (Å²) in [4.78, 5) is 7.89. The van der Waals surface area contributed by atoms with Crippen molar-refractivity contribution in [2.75, 3.05) is 19.4 Å². The highest BCUT2D eigenvalue weighted by Gasteiger charge is 2.07. The Balaban J connectivity index is 1.97. The van der Waals surface area contributed by atoms with Crippen LogP contribution < -0.4 is 10.1 Å². The van der Waals surface area contributed by atoms with Crippen LogP contribution in [0.2, 0.25) is 0 Å². The Kier molecular flexibility index (Phi) is 5.10. The van der Waals surface area contributed by atoms with Crippen molar-refractivity contribution in [1.29, 1.82) is 0 Å². The number of hydrogen-bond acceptors (Lipinski definition) is 4. The van der Waals surface area contributed by atoms with Crippen molar-refractivity contribution >= 4 is 22.8 Å². The SMILES string of the molecule is CCCNC(C)CSc1nc2ccc(OC)cc2[nH]1. The Morgan fingerprint density at radius 1 is 1.47 bits per heavy atom. The van der Waals surface area contributed by atoms with E-state index in [1.807, 2.05) is 18.2 Å². The lowest BCUT2D eigenvalue weighted by atomic mass is 10.3. The zero-order chi connectivity index (χ0) is 13.7. The summed E-state index contributed by atoms with van der Waals surface area (Å²) in [5, 5.41) is 4.44. The van der Waals surface area contributed by atoms with Gasteiger partial charge in [0.2, 0.25) is 0 Å². The fourth-order valence-corrected chi connectivity index (χ4v) is 2.68. The van der Waals surface area contributed by atoms with Crippen LogP contribution in [0.15, 0.2) is 23.4 Å². The molecule has 0 spiro atoms. The fraction of sp³-hybridized carbons (Fsp3) is 0.500. The molecule has 0 saturated carbocycles. The molecule has 1 heterocycles. The number of aromatic amines is 1. The number of rotatable bonds is 7. The van der Waals surface area contributed by atoms with Crippen LogP contribution >= 0.6 is 11.8 Å². The van der Waals surface area contributed by atoms with E-state index >= 15 is 0 Å². The molecule has 19 heavy (non-hydrogen) atoms. The first kappa shape index (κ1) is 14.2. The molecule has 1 atom stereocenters. The van der Waals surface area contributed by atoms with Crippen LogP contribution in [0.1, 0.15) is 20.3 Å². The number of methoxy groups -OCH3 is 1. The second kappa shape index (κ2) is 6.82. The molecule has 2 N–H and O–H groups in total. The average molecular weight is 279 g/mol. The van der Waals surface area contributed by atoms with Crippen LogP contribution in [-0.4, -0.2) is 35.4 Å². The second-order valence-electron chi connectivity index (χ2n) is 4.59. The fourth-order valence-electron chi connectivity index (χ4n) is 1.81. The van der Waals surface area contributed by atoms with Crippen LogP contribution in [-0.2, 0) is 0 Å². The van der Waals surface area contributed by atoms with Gasteiger partial charge in [0.1, 0.15) is 5.75 Å². The van der Waals surface area contributed by atoms with E-state index in [-0.39, 0.29) is 0 Å². The van der Waals surface area contributed by atoms with Crippen molar-refractivity contribution in [3.05, 3.63) is 18.2 Å². The molecule has 1 aromatic carbocycles. The molecule has 0 aliphatic carbocycles. The molecule has 0 aliphatic rings. The number of hydrogen-bond donors (Lipinski definition) is 2. The van der Waals surface area contributed by atoms with Crippen molar-refractivity contribution in [1.82, 2.24) is 15.3 Å². The van der Waals surface area contributed by atoms with Gasteiger partial charge >= 0.3 is 0 Å². The summed E-state index contributed by atoms with van der Waals surface area (Å²) in [7, 11) is 1.67. The monoisotopic (exact) mass is 279 g/mol. The topological polar surface area (TPSA) is 49.9 Å². The van der Waals surface area contributed by atoms with Crippen molar-refractivity contribution in [2.24, 2.45) is 0 Å². The van der Waals surface area contributed by atoms with Gasteiger partial charge in [-0.15, -0.1) is 0 Å². The van der Waals surface area contributed by atoms with Crippen molar-refractivity contribution < 1.29 is 4.74 Å². The molecule has 1 aromatic heterocycles. The molecule has 0 fully saturated rings. The number of fused-ring (bicyclic) bond motifs is 1. The highest BCUT2D eigenvalue weighted by Crippen LogP contribution is 2.23. The maximum Gasteiger partial charge on any atom is 0.166 e. The van der Waals surface area contributed by atoms with E-state index in [0.29, 0.717) is 6.04 Å². The zero-order valence-corrected chi connectivity index (χ0v) is 12.5. The molecular weight excluding hydrogens is 258 g/mol. The summed E-state index contributed by atoms with van der Waals surface area (Å²) in [6.07, 6.45) is 1.17. The van der Waals surface area contributed by atoms with Crippen molar-refractivity contribution in [2.45, 2.75) is 31.5 Å². The van der Waals surface area contributed by atoms with Gasteiger partial charge in [-0.3, -0.25) is 0 Å². The summed E-state index contributed by atoms with van der Waals surface area (Å²) >= 11 is 1.75. The van der Waals surface area contributed by atoms with Gasteiger partial charge < -0.3 is 15.0 Å². The molecule has 4 nitrogen and oxygen atoms in total. The Morgan fingerprint density at radius 3 is 3.05 bits per heavy atom. The normalized spacial score (nSPS) is 12.8. The predicted molar refractivity (Wildman–Crippen MR) is 81.1 cm³/mol. The Labute approximate surface area is 118 Å². The minimum Gasteiger partial charge on any atom is -0.497 e. The number of ether oxygens (including phenoxy) is 1. The zero-order valence-electron chi connectivity index (χ0n) is 11.7. The molecule has 2 rings (SSSR count). The molecule has 104 valence electrons.